The summed E-state index contributed by atoms with van der Waals surface area (Å²) in [6.45, 7) is 7.76. The Morgan fingerprint density at radius 1 is 1.11 bits per heavy atom. The van der Waals surface area contributed by atoms with E-state index in [2.05, 4.69) is 14.9 Å². The standard InChI is InChI=1S/C21H35N5O3.C6H5F/c1-16(2)29-21(27)25-10-7-17(8-11-25)5-4-12-28-19-13-23-20(24-14-19)26-9-3-6-18(22)15-26;7-6-4-2-1-3-5-6/h13-14,16-18H,3-12,15,22H2,1-2H3;1-5H. The lowest BCUT2D eigenvalue weighted by atomic mass is 9.92. The van der Waals surface area contributed by atoms with E-state index in [0.717, 1.165) is 70.7 Å². The van der Waals surface area contributed by atoms with E-state index in [1.807, 2.05) is 18.7 Å². The normalized spacial score (nSPS) is 18.4. The van der Waals surface area contributed by atoms with Gasteiger partial charge in [0.1, 0.15) is 5.82 Å². The molecule has 2 N–H and O–H groups in total. The van der Waals surface area contributed by atoms with E-state index in [4.69, 9.17) is 15.2 Å². The predicted molar refractivity (Wildman–Crippen MR) is 138 cm³/mol. The summed E-state index contributed by atoms with van der Waals surface area (Å²) in [4.78, 5) is 24.8. The lowest BCUT2D eigenvalue weighted by Crippen LogP contribution is -2.43. The molecule has 2 saturated heterocycles. The molecule has 36 heavy (non-hydrogen) atoms. The molecule has 9 heteroatoms. The molecule has 0 bridgehead atoms. The van der Waals surface area contributed by atoms with Crippen LogP contribution in [0.3, 0.4) is 0 Å². The molecule has 198 valence electrons. The van der Waals surface area contributed by atoms with Crippen molar-refractivity contribution in [1.29, 1.82) is 0 Å². The summed E-state index contributed by atoms with van der Waals surface area (Å²) in [5.74, 6) is 1.91. The van der Waals surface area contributed by atoms with E-state index in [9.17, 15) is 9.18 Å². The number of anilines is 1. The van der Waals surface area contributed by atoms with Crippen molar-refractivity contribution < 1.29 is 18.7 Å². The zero-order valence-corrected chi connectivity index (χ0v) is 21.5. The summed E-state index contributed by atoms with van der Waals surface area (Å²) >= 11 is 0. The first kappa shape index (κ1) is 27.6. The van der Waals surface area contributed by atoms with Gasteiger partial charge in [0.15, 0.2) is 5.75 Å². The fraction of sp³-hybridized carbons (Fsp3) is 0.593. The number of ether oxygens (including phenoxy) is 2. The van der Waals surface area contributed by atoms with Crippen molar-refractivity contribution in [2.24, 2.45) is 11.7 Å². The molecule has 0 radical (unpaired) electrons. The van der Waals surface area contributed by atoms with E-state index in [1.54, 1.807) is 30.6 Å². The highest BCUT2D eigenvalue weighted by molar-refractivity contribution is 5.67. The van der Waals surface area contributed by atoms with Crippen LogP contribution in [0.1, 0.15) is 52.4 Å². The van der Waals surface area contributed by atoms with Gasteiger partial charge in [-0.25, -0.2) is 19.2 Å². The number of nitrogens with two attached hydrogens (primary N) is 1. The Hall–Kier alpha value is -2.94. The number of amides is 1. The van der Waals surface area contributed by atoms with Crippen molar-refractivity contribution in [2.45, 2.75) is 64.5 Å². The van der Waals surface area contributed by atoms with Gasteiger partial charge in [-0.15, -0.1) is 0 Å². The third-order valence-corrected chi connectivity index (χ3v) is 6.32. The van der Waals surface area contributed by atoms with Crippen LogP contribution in [-0.4, -0.2) is 65.9 Å². The molecular formula is C27H40FN5O3. The summed E-state index contributed by atoms with van der Waals surface area (Å²) in [5.41, 5.74) is 6.03. The fourth-order valence-corrected chi connectivity index (χ4v) is 4.40. The topological polar surface area (TPSA) is 93.8 Å². The lowest BCUT2D eigenvalue weighted by molar-refractivity contribution is 0.0643. The fourth-order valence-electron chi connectivity index (χ4n) is 4.40. The van der Waals surface area contributed by atoms with Crippen LogP contribution in [0.5, 0.6) is 5.75 Å². The molecule has 1 atom stereocenters. The number of halogens is 1. The highest BCUT2D eigenvalue weighted by atomic mass is 19.1. The van der Waals surface area contributed by atoms with Crippen molar-refractivity contribution in [1.82, 2.24) is 14.9 Å². The summed E-state index contributed by atoms with van der Waals surface area (Å²) in [7, 11) is 0. The molecule has 0 aliphatic carbocycles. The third-order valence-electron chi connectivity index (χ3n) is 6.32. The molecule has 1 unspecified atom stereocenters. The molecule has 1 aromatic carbocycles. The van der Waals surface area contributed by atoms with Gasteiger partial charge in [0.25, 0.3) is 0 Å². The average molecular weight is 502 g/mol. The van der Waals surface area contributed by atoms with Gasteiger partial charge in [0, 0.05) is 32.2 Å². The maximum absolute atomic E-state index is 11.9. The minimum Gasteiger partial charge on any atom is -0.490 e. The molecule has 1 aromatic heterocycles. The largest absolute Gasteiger partial charge is 0.490 e. The highest BCUT2D eigenvalue weighted by Crippen LogP contribution is 2.23. The summed E-state index contributed by atoms with van der Waals surface area (Å²) in [5, 5.41) is 0. The van der Waals surface area contributed by atoms with E-state index in [1.165, 1.54) is 12.1 Å². The van der Waals surface area contributed by atoms with E-state index >= 15 is 0 Å². The predicted octanol–water partition coefficient (Wildman–Crippen LogP) is 4.65. The molecular weight excluding hydrogens is 461 g/mol. The first-order valence-corrected chi connectivity index (χ1v) is 13.0. The van der Waals surface area contributed by atoms with Crippen molar-refractivity contribution in [2.75, 3.05) is 37.7 Å². The van der Waals surface area contributed by atoms with Crippen LogP contribution in [0.25, 0.3) is 0 Å². The minimum absolute atomic E-state index is 0.0622. The van der Waals surface area contributed by atoms with Crippen LogP contribution in [0.15, 0.2) is 42.7 Å². The molecule has 0 saturated carbocycles. The second-order valence-electron chi connectivity index (χ2n) is 9.72. The van der Waals surface area contributed by atoms with Crippen molar-refractivity contribution >= 4 is 12.0 Å². The summed E-state index contributed by atoms with van der Waals surface area (Å²) < 4.78 is 23.0. The van der Waals surface area contributed by atoms with Gasteiger partial charge in [-0.05, 0) is 70.4 Å². The number of benzene rings is 1. The van der Waals surface area contributed by atoms with E-state index in [0.29, 0.717) is 18.3 Å². The van der Waals surface area contributed by atoms with Gasteiger partial charge in [-0.3, -0.25) is 0 Å². The first-order valence-electron chi connectivity index (χ1n) is 13.0. The molecule has 3 heterocycles. The molecule has 1 amide bonds. The highest BCUT2D eigenvalue weighted by Gasteiger charge is 2.24. The molecule has 4 rings (SSSR count). The van der Waals surface area contributed by atoms with E-state index in [-0.39, 0.29) is 24.1 Å². The van der Waals surface area contributed by atoms with Crippen LogP contribution >= 0.6 is 0 Å². The van der Waals surface area contributed by atoms with Gasteiger partial charge >= 0.3 is 6.09 Å². The Kier molecular flexibility index (Phi) is 11.2. The van der Waals surface area contributed by atoms with Crippen LogP contribution in [-0.2, 0) is 4.74 Å². The first-order chi connectivity index (χ1) is 17.4. The molecule has 0 spiro atoms. The van der Waals surface area contributed by atoms with Crippen molar-refractivity contribution in [3.63, 3.8) is 0 Å². The Morgan fingerprint density at radius 3 is 2.39 bits per heavy atom. The molecule has 2 aliphatic rings. The number of rotatable bonds is 7. The van der Waals surface area contributed by atoms with Crippen LogP contribution < -0.4 is 15.4 Å². The number of hydrogen-bond donors (Lipinski definition) is 1. The van der Waals surface area contributed by atoms with Crippen molar-refractivity contribution in [3.8, 4) is 5.75 Å². The number of aromatic nitrogens is 2. The smallest absolute Gasteiger partial charge is 0.410 e. The number of carbonyl (C=O) groups excluding carboxylic acids is 1. The Morgan fingerprint density at radius 2 is 1.81 bits per heavy atom. The van der Waals surface area contributed by atoms with Crippen molar-refractivity contribution in [3.05, 3.63) is 48.5 Å². The SMILES string of the molecule is CC(C)OC(=O)N1CCC(CCCOc2cnc(N3CCCC(N)C3)nc2)CC1.Fc1ccccc1. The monoisotopic (exact) mass is 501 g/mol. The second-order valence-corrected chi connectivity index (χ2v) is 9.72. The molecule has 2 aliphatic heterocycles. The molecule has 2 fully saturated rings. The average Bonchev–Trinajstić information content (AvgIpc) is 2.88. The Labute approximate surface area is 214 Å². The van der Waals surface area contributed by atoms with Gasteiger partial charge in [0.05, 0.1) is 25.1 Å². The number of carbonyl (C=O) groups is 1. The van der Waals surface area contributed by atoms with E-state index < -0.39 is 0 Å². The van der Waals surface area contributed by atoms with Gasteiger partial charge in [-0.1, -0.05) is 18.2 Å². The van der Waals surface area contributed by atoms with Gasteiger partial charge in [-0.2, -0.15) is 0 Å². The molecule has 8 nitrogen and oxygen atoms in total. The minimum atomic E-state index is -0.184. The summed E-state index contributed by atoms with van der Waals surface area (Å²) in [6.07, 6.45) is 9.57. The number of nitrogens with zero attached hydrogens (tertiary/aromatic N) is 4. The molecule has 2 aromatic rings. The maximum Gasteiger partial charge on any atom is 0.410 e. The Balaban J connectivity index is 0.000000444. The summed E-state index contributed by atoms with van der Waals surface area (Å²) in [6, 6.07) is 8.14. The third kappa shape index (κ3) is 9.60. The van der Waals surface area contributed by atoms with Gasteiger partial charge < -0.3 is 25.0 Å². The lowest BCUT2D eigenvalue weighted by Gasteiger charge is -2.31. The van der Waals surface area contributed by atoms with Crippen LogP contribution in [0.4, 0.5) is 15.1 Å². The maximum atomic E-state index is 11.9. The Bertz CT molecular complexity index is 892. The number of piperidine rings is 2. The van der Waals surface area contributed by atoms with Crippen LogP contribution in [0, 0.1) is 11.7 Å². The zero-order valence-electron chi connectivity index (χ0n) is 21.5. The zero-order chi connectivity index (χ0) is 25.8. The number of likely N-dealkylation sites (tertiary alicyclic amines) is 1. The number of hydrogen-bond acceptors (Lipinski definition) is 7. The van der Waals surface area contributed by atoms with Crippen LogP contribution in [0.2, 0.25) is 0 Å². The van der Waals surface area contributed by atoms with Gasteiger partial charge in [0.2, 0.25) is 5.95 Å². The second kappa shape index (κ2) is 14.6. The quantitative estimate of drug-likeness (QED) is 0.552.